The normalized spacial score (nSPS) is 6.82. The second-order valence-corrected chi connectivity index (χ2v) is 1.47. The Balaban J connectivity index is 0. The molecule has 0 radical (unpaired) electrons. The summed E-state index contributed by atoms with van der Waals surface area (Å²) in [6.07, 6.45) is 0. The molecule has 2 N–H and O–H groups in total. The molecule has 0 bridgehead atoms. The van der Waals surface area contributed by atoms with Crippen molar-refractivity contribution in [2.75, 3.05) is 0 Å². The molecule has 1 rings (SSSR count). The van der Waals surface area contributed by atoms with Crippen LogP contribution in [-0.4, -0.2) is 35.4 Å². The summed E-state index contributed by atoms with van der Waals surface area (Å²) in [7, 11) is -2.67. The first kappa shape index (κ1) is 13.3. The third kappa shape index (κ3) is 17.7. The van der Waals surface area contributed by atoms with E-state index in [0.29, 0.717) is 0 Å². The zero-order chi connectivity index (χ0) is 7.82. The molecule has 2 nitrogen and oxygen atoms in total. The van der Waals surface area contributed by atoms with Gasteiger partial charge in [-0.3, -0.25) is 4.32 Å². The Morgan fingerprint density at radius 1 is 0.818 bits per heavy atom. The molecule has 11 heavy (non-hydrogen) atoms. The van der Waals surface area contributed by atoms with E-state index in [2.05, 4.69) is 0 Å². The molecule has 0 aliphatic rings. The van der Waals surface area contributed by atoms with Gasteiger partial charge in [-0.1, -0.05) is 36.4 Å². The molecular weight excluding hydrogens is 209 g/mol. The fourth-order valence-electron chi connectivity index (χ4n) is 0.385. The van der Waals surface area contributed by atoms with E-state index in [0.717, 1.165) is 0 Å². The second-order valence-electron chi connectivity index (χ2n) is 1.47. The molecule has 0 spiro atoms. The smallest absolute Gasteiger partial charge is 0.0623 e. The van der Waals surface area contributed by atoms with E-state index in [9.17, 15) is 4.32 Å². The van der Waals surface area contributed by atoms with Gasteiger partial charge < -0.3 is 10.0 Å². The van der Waals surface area contributed by atoms with E-state index in [-0.39, 0.29) is 18.0 Å². The maximum Gasteiger partial charge on any atom is -0.0623 e. The molecule has 0 aliphatic carbocycles. The fourth-order valence-corrected chi connectivity index (χ4v) is 0.385. The average molecular weight is 220 g/mol. The van der Waals surface area contributed by atoms with Crippen LogP contribution in [-0.2, 0) is 0 Å². The monoisotopic (exact) mass is 220 g/mol. The minimum atomic E-state index is -2.67. The van der Waals surface area contributed by atoms with Crippen molar-refractivity contribution in [2.24, 2.45) is 0 Å². The maximum atomic E-state index is 10.1. The van der Waals surface area contributed by atoms with Crippen LogP contribution in [0.15, 0.2) is 36.4 Å². The van der Waals surface area contributed by atoms with Gasteiger partial charge in [0.1, 0.15) is 0 Å². The minimum absolute atomic E-state index is 0. The van der Waals surface area contributed by atoms with Crippen LogP contribution in [0.1, 0.15) is 0 Å². The van der Waals surface area contributed by atoms with Crippen molar-refractivity contribution in [1.29, 1.82) is 0 Å². The van der Waals surface area contributed by atoms with Gasteiger partial charge in [0.25, 0.3) is 0 Å². The Morgan fingerprint density at radius 2 is 0.909 bits per heavy atom. The number of rotatable bonds is 0. The summed E-state index contributed by atoms with van der Waals surface area (Å²) >= 11 is 0. The molecule has 0 amide bonds. The molecule has 5 heteroatoms. The summed E-state index contributed by atoms with van der Waals surface area (Å²) < 4.78 is 10.1. The Bertz CT molecular complexity index is 121. The summed E-state index contributed by atoms with van der Waals surface area (Å²) in [5.41, 5.74) is 0. The Hall–Kier alpha value is -0.307. The van der Waals surface area contributed by atoms with Crippen molar-refractivity contribution in [3.8, 4) is 0 Å². The van der Waals surface area contributed by atoms with Crippen LogP contribution in [0.25, 0.3) is 0 Å². The van der Waals surface area contributed by atoms with Crippen molar-refractivity contribution in [2.45, 2.75) is 0 Å². The Morgan fingerprint density at radius 3 is 1.00 bits per heavy atom. The van der Waals surface area contributed by atoms with Crippen molar-refractivity contribution < 1.29 is 14.4 Å². The molecule has 0 saturated heterocycles. The van der Waals surface area contributed by atoms with E-state index in [1.165, 1.54) is 0 Å². The van der Waals surface area contributed by atoms with Crippen LogP contribution in [0.4, 0.5) is 4.32 Å². The number of benzene rings is 1. The van der Waals surface area contributed by atoms with Gasteiger partial charge in [0.2, 0.25) is 0 Å². The second kappa shape index (κ2) is 9.69. The summed E-state index contributed by atoms with van der Waals surface area (Å²) in [4.78, 5) is 0. The largest absolute Gasteiger partial charge is 0.0623 e. The summed E-state index contributed by atoms with van der Waals surface area (Å²) in [5, 5.41) is 13.9. The van der Waals surface area contributed by atoms with Gasteiger partial charge in [-0.05, 0) is 0 Å². The maximum absolute atomic E-state index is 10.1. The molecule has 0 heterocycles. The van der Waals surface area contributed by atoms with E-state index in [4.69, 9.17) is 10.0 Å². The van der Waals surface area contributed by atoms with E-state index >= 15 is 0 Å². The van der Waals surface area contributed by atoms with Crippen molar-refractivity contribution in [1.82, 2.24) is 0 Å². The standard InChI is InChI=1S/C6H6.AsH3.BFH2O2/c1-2-4-6-5-3-1;;2-1(3)4/h1-6H;1H3;3-4H. The Labute approximate surface area is 76.6 Å². The first-order valence-electron chi connectivity index (χ1n) is 2.73. The molecule has 0 aliphatic heterocycles. The number of hydrogen-bond donors (Lipinski definition) is 2. The van der Waals surface area contributed by atoms with Crippen LogP contribution in [0, 0.1) is 0 Å². The van der Waals surface area contributed by atoms with E-state index in [1.807, 2.05) is 36.4 Å². The third-order valence-electron chi connectivity index (χ3n) is 0.667. The zero-order valence-electron chi connectivity index (χ0n) is 6.02. The number of halogens is 1. The average Bonchev–Trinajstić information content (AvgIpc) is 1.90. The van der Waals surface area contributed by atoms with Gasteiger partial charge in [0, 0.05) is 0 Å². The van der Waals surface area contributed by atoms with Crippen LogP contribution in [0.5, 0.6) is 0 Å². The van der Waals surface area contributed by atoms with Gasteiger partial charge >= 0.3 is 25.3 Å². The number of hydrogen-bond acceptors (Lipinski definition) is 2. The Kier molecular flexibility index (Phi) is 11.7. The molecule has 0 saturated carbocycles. The molecule has 1 unspecified atom stereocenters. The van der Waals surface area contributed by atoms with Crippen LogP contribution in [0.2, 0.25) is 0 Å². The first-order valence-corrected chi connectivity index (χ1v) is 2.73. The van der Waals surface area contributed by atoms with Crippen LogP contribution in [0.3, 0.4) is 0 Å². The predicted octanol–water partition coefficient (Wildman–Crippen LogP) is -0.572. The fraction of sp³-hybridized carbons (Fsp3) is 0. The summed E-state index contributed by atoms with van der Waals surface area (Å²) in [6, 6.07) is 12.0. The van der Waals surface area contributed by atoms with Gasteiger partial charge in [0.05, 0.1) is 0 Å². The van der Waals surface area contributed by atoms with E-state index < -0.39 is 7.40 Å². The van der Waals surface area contributed by atoms with E-state index in [1.54, 1.807) is 0 Å². The molecule has 1 atom stereocenters. The van der Waals surface area contributed by atoms with Crippen molar-refractivity contribution in [3.63, 3.8) is 0 Å². The first-order chi connectivity index (χ1) is 4.73. The molecule has 1 aromatic carbocycles. The van der Waals surface area contributed by atoms with Crippen molar-refractivity contribution in [3.05, 3.63) is 36.4 Å². The quantitative estimate of drug-likeness (QED) is 0.574. The molecule has 62 valence electrons. The van der Waals surface area contributed by atoms with Crippen molar-refractivity contribution >= 4 is 25.3 Å². The van der Waals surface area contributed by atoms with Crippen LogP contribution < -0.4 is 0 Å². The third-order valence-corrected chi connectivity index (χ3v) is 0.667. The van der Waals surface area contributed by atoms with Gasteiger partial charge in [-0.2, -0.15) is 0 Å². The van der Waals surface area contributed by atoms with Gasteiger partial charge in [-0.25, -0.2) is 0 Å². The van der Waals surface area contributed by atoms with Gasteiger partial charge in [-0.15, -0.1) is 0 Å². The summed E-state index contributed by atoms with van der Waals surface area (Å²) in [5.74, 6) is 0. The molecular formula is C6H11AsBFO2. The minimum Gasteiger partial charge on any atom is -0.0623 e. The predicted molar refractivity (Wildman–Crippen MR) is 47.7 cm³/mol. The van der Waals surface area contributed by atoms with Gasteiger partial charge in [0.15, 0.2) is 0 Å². The molecule has 0 aromatic heterocycles. The van der Waals surface area contributed by atoms with Crippen LogP contribution >= 0.6 is 0 Å². The molecule has 0 fully saturated rings. The zero-order valence-corrected chi connectivity index (χ0v) is 8.99. The SMILES string of the molecule is OB(O)F.[AsH3].c1ccccc1. The topological polar surface area (TPSA) is 40.5 Å². The summed E-state index contributed by atoms with van der Waals surface area (Å²) in [6.45, 7) is 0. The molecule has 1 aromatic rings.